The SMILES string of the molecule is COc1ccc(NC(=O)c2c(OC(C)=O)c3c4c(ccc3n(C)c2=O)OCO4)cc1. The van der Waals surface area contributed by atoms with Gasteiger partial charge in [-0.15, -0.1) is 0 Å². The van der Waals surface area contributed by atoms with Gasteiger partial charge in [0.15, 0.2) is 17.2 Å². The molecule has 0 saturated carbocycles. The number of aryl methyl sites for hydroxylation is 1. The zero-order valence-corrected chi connectivity index (χ0v) is 16.5. The molecule has 0 radical (unpaired) electrons. The number of hydrogen-bond acceptors (Lipinski definition) is 7. The molecule has 0 spiro atoms. The van der Waals surface area contributed by atoms with Crippen LogP contribution in [-0.2, 0) is 11.8 Å². The summed E-state index contributed by atoms with van der Waals surface area (Å²) in [5, 5.41) is 2.96. The van der Waals surface area contributed by atoms with Crippen molar-refractivity contribution >= 4 is 28.5 Å². The first kappa shape index (κ1) is 19.3. The van der Waals surface area contributed by atoms with E-state index in [0.717, 1.165) is 0 Å². The minimum atomic E-state index is -0.726. The van der Waals surface area contributed by atoms with E-state index in [1.54, 1.807) is 36.4 Å². The quantitative estimate of drug-likeness (QED) is 0.659. The second kappa shape index (κ2) is 7.43. The second-order valence-electron chi connectivity index (χ2n) is 6.54. The Labute approximate surface area is 170 Å². The number of carbonyl (C=O) groups is 2. The van der Waals surface area contributed by atoms with Crippen LogP contribution in [0.3, 0.4) is 0 Å². The first-order valence-corrected chi connectivity index (χ1v) is 9.00. The van der Waals surface area contributed by atoms with Gasteiger partial charge in [0, 0.05) is 19.7 Å². The molecule has 0 saturated heterocycles. The number of pyridine rings is 1. The van der Waals surface area contributed by atoms with Crippen LogP contribution in [0, 0.1) is 0 Å². The molecule has 0 unspecified atom stereocenters. The van der Waals surface area contributed by atoms with Gasteiger partial charge in [0.2, 0.25) is 6.79 Å². The van der Waals surface area contributed by atoms with Crippen molar-refractivity contribution in [2.45, 2.75) is 6.92 Å². The third-order valence-electron chi connectivity index (χ3n) is 4.67. The molecule has 1 N–H and O–H groups in total. The van der Waals surface area contributed by atoms with Gasteiger partial charge < -0.3 is 28.8 Å². The fourth-order valence-electron chi connectivity index (χ4n) is 3.27. The lowest BCUT2D eigenvalue weighted by Crippen LogP contribution is -2.29. The summed E-state index contributed by atoms with van der Waals surface area (Å²) in [6.45, 7) is 1.17. The molecule has 1 aliphatic heterocycles. The molecular formula is C21H18N2O7. The maximum Gasteiger partial charge on any atom is 0.308 e. The van der Waals surface area contributed by atoms with Crippen LogP contribution in [0.25, 0.3) is 10.9 Å². The molecule has 4 rings (SSSR count). The standard InChI is InChI=1S/C21H18N2O7/c1-11(24)30-19-16-14(8-9-15-18(16)29-10-28-15)23(2)21(26)17(19)20(25)22-12-4-6-13(27-3)7-5-12/h4-9H,10H2,1-3H3,(H,22,25). The second-order valence-corrected chi connectivity index (χ2v) is 6.54. The molecule has 0 fully saturated rings. The van der Waals surface area contributed by atoms with E-state index in [2.05, 4.69) is 5.32 Å². The number of methoxy groups -OCH3 is 1. The van der Waals surface area contributed by atoms with Crippen LogP contribution >= 0.6 is 0 Å². The van der Waals surface area contributed by atoms with Gasteiger partial charge in [0.1, 0.15) is 11.3 Å². The van der Waals surface area contributed by atoms with Gasteiger partial charge in [-0.1, -0.05) is 0 Å². The first-order chi connectivity index (χ1) is 14.4. The van der Waals surface area contributed by atoms with Gasteiger partial charge in [-0.05, 0) is 36.4 Å². The minimum absolute atomic E-state index is 0.0236. The summed E-state index contributed by atoms with van der Waals surface area (Å²) >= 11 is 0. The predicted octanol–water partition coefficient (Wildman–Crippen LogP) is 2.45. The van der Waals surface area contributed by atoms with Crippen LogP contribution in [0.4, 0.5) is 5.69 Å². The third-order valence-corrected chi connectivity index (χ3v) is 4.67. The summed E-state index contributed by atoms with van der Waals surface area (Å²) in [5.41, 5.74) is -0.0698. The largest absolute Gasteiger partial charge is 0.497 e. The van der Waals surface area contributed by atoms with Crippen molar-refractivity contribution in [2.24, 2.45) is 7.05 Å². The van der Waals surface area contributed by atoms with E-state index in [9.17, 15) is 14.4 Å². The van der Waals surface area contributed by atoms with Gasteiger partial charge in [-0.25, -0.2) is 0 Å². The van der Waals surface area contributed by atoms with E-state index >= 15 is 0 Å². The Morgan fingerprint density at radius 1 is 1.10 bits per heavy atom. The number of nitrogens with zero attached hydrogens (tertiary/aromatic N) is 1. The zero-order chi connectivity index (χ0) is 21.4. The third kappa shape index (κ3) is 3.20. The summed E-state index contributed by atoms with van der Waals surface area (Å²) < 4.78 is 22.7. The number of fused-ring (bicyclic) bond motifs is 3. The number of aromatic nitrogens is 1. The maximum absolute atomic E-state index is 13.1. The number of hydrogen-bond donors (Lipinski definition) is 1. The Bertz CT molecular complexity index is 1230. The number of amides is 1. The molecule has 0 aliphatic carbocycles. The number of benzene rings is 2. The lowest BCUT2D eigenvalue weighted by Gasteiger charge is -2.16. The Kier molecular flexibility index (Phi) is 4.78. The lowest BCUT2D eigenvalue weighted by molar-refractivity contribution is -0.131. The average molecular weight is 410 g/mol. The molecule has 3 aromatic rings. The van der Waals surface area contributed by atoms with E-state index in [-0.39, 0.29) is 18.1 Å². The number of nitrogens with one attached hydrogen (secondary N) is 1. The first-order valence-electron chi connectivity index (χ1n) is 9.00. The average Bonchev–Trinajstić information content (AvgIpc) is 3.20. The maximum atomic E-state index is 13.1. The van der Waals surface area contributed by atoms with Crippen LogP contribution in [0.5, 0.6) is 23.0 Å². The lowest BCUT2D eigenvalue weighted by atomic mass is 10.1. The van der Waals surface area contributed by atoms with Gasteiger partial charge >= 0.3 is 5.97 Å². The van der Waals surface area contributed by atoms with Crippen molar-refractivity contribution in [2.75, 3.05) is 19.2 Å². The van der Waals surface area contributed by atoms with Crippen molar-refractivity contribution < 1.29 is 28.5 Å². The van der Waals surface area contributed by atoms with Crippen LogP contribution < -0.4 is 29.8 Å². The van der Waals surface area contributed by atoms with E-state index in [4.69, 9.17) is 18.9 Å². The zero-order valence-electron chi connectivity index (χ0n) is 16.5. The van der Waals surface area contributed by atoms with Crippen molar-refractivity contribution in [3.05, 3.63) is 52.3 Å². The van der Waals surface area contributed by atoms with Crippen LogP contribution in [0.2, 0.25) is 0 Å². The highest BCUT2D eigenvalue weighted by Crippen LogP contribution is 2.44. The molecule has 1 aromatic heterocycles. The molecule has 9 nitrogen and oxygen atoms in total. The van der Waals surface area contributed by atoms with E-state index in [1.165, 1.54) is 25.6 Å². The highest BCUT2D eigenvalue weighted by Gasteiger charge is 2.29. The number of ether oxygens (including phenoxy) is 4. The molecule has 2 heterocycles. The van der Waals surface area contributed by atoms with E-state index in [1.807, 2.05) is 0 Å². The highest BCUT2D eigenvalue weighted by atomic mass is 16.7. The molecule has 0 atom stereocenters. The Balaban J connectivity index is 1.91. The van der Waals surface area contributed by atoms with Gasteiger partial charge in [0.05, 0.1) is 18.0 Å². The molecule has 0 bridgehead atoms. The fraction of sp³-hybridized carbons (Fsp3) is 0.190. The van der Waals surface area contributed by atoms with Crippen molar-refractivity contribution in [1.82, 2.24) is 4.57 Å². The van der Waals surface area contributed by atoms with E-state index < -0.39 is 17.4 Å². The van der Waals surface area contributed by atoms with Crippen molar-refractivity contribution in [1.29, 1.82) is 0 Å². The van der Waals surface area contributed by atoms with Crippen LogP contribution in [-0.4, -0.2) is 30.3 Å². The molecule has 154 valence electrons. The summed E-state index contributed by atoms with van der Waals surface area (Å²) in [4.78, 5) is 37.9. The van der Waals surface area contributed by atoms with Crippen molar-refractivity contribution in [3.63, 3.8) is 0 Å². The number of anilines is 1. The molecule has 2 aromatic carbocycles. The van der Waals surface area contributed by atoms with E-state index in [0.29, 0.717) is 33.8 Å². The number of rotatable bonds is 4. The summed E-state index contributed by atoms with van der Waals surface area (Å²) in [6.07, 6.45) is 0. The Morgan fingerprint density at radius 3 is 2.50 bits per heavy atom. The highest BCUT2D eigenvalue weighted by molar-refractivity contribution is 6.11. The van der Waals surface area contributed by atoms with Gasteiger partial charge in [-0.3, -0.25) is 14.4 Å². The topological polar surface area (TPSA) is 105 Å². The fourth-order valence-corrected chi connectivity index (χ4v) is 3.27. The molecule has 1 amide bonds. The number of carbonyl (C=O) groups excluding carboxylic acids is 2. The molecule has 30 heavy (non-hydrogen) atoms. The van der Waals surface area contributed by atoms with Gasteiger partial charge in [-0.2, -0.15) is 0 Å². The Morgan fingerprint density at radius 2 is 1.83 bits per heavy atom. The monoisotopic (exact) mass is 410 g/mol. The molecule has 1 aliphatic rings. The number of esters is 1. The summed E-state index contributed by atoms with van der Waals surface area (Å²) in [6, 6.07) is 9.88. The summed E-state index contributed by atoms with van der Waals surface area (Å²) in [7, 11) is 3.05. The van der Waals surface area contributed by atoms with Gasteiger partial charge in [0.25, 0.3) is 11.5 Å². The minimum Gasteiger partial charge on any atom is -0.497 e. The molecular weight excluding hydrogens is 392 g/mol. The molecule has 9 heteroatoms. The Hall–Kier alpha value is -4.01. The van der Waals surface area contributed by atoms with Crippen LogP contribution in [0.15, 0.2) is 41.2 Å². The van der Waals surface area contributed by atoms with Crippen LogP contribution in [0.1, 0.15) is 17.3 Å². The normalized spacial score (nSPS) is 12.0. The van der Waals surface area contributed by atoms with Crippen molar-refractivity contribution in [3.8, 4) is 23.0 Å². The predicted molar refractivity (Wildman–Crippen MR) is 108 cm³/mol. The summed E-state index contributed by atoms with van der Waals surface area (Å²) in [5.74, 6) is -0.235. The smallest absolute Gasteiger partial charge is 0.308 e.